The molecule has 2 heterocycles. The lowest BCUT2D eigenvalue weighted by Crippen LogP contribution is -1.99. The predicted octanol–water partition coefficient (Wildman–Crippen LogP) is 4.42. The molecule has 0 amide bonds. The van der Waals surface area contributed by atoms with E-state index in [2.05, 4.69) is 21.4 Å². The van der Waals surface area contributed by atoms with Crippen molar-refractivity contribution in [2.45, 2.75) is 0 Å². The van der Waals surface area contributed by atoms with E-state index in [1.807, 2.05) is 49.5 Å². The molecule has 4 aromatic rings. The fourth-order valence-corrected chi connectivity index (χ4v) is 3.15. The molecule has 1 N–H and O–H groups in total. The molecule has 0 spiro atoms. The van der Waals surface area contributed by atoms with E-state index in [1.165, 1.54) is 0 Å². The Labute approximate surface area is 163 Å². The molecule has 0 aliphatic carbocycles. The lowest BCUT2D eigenvalue weighted by Gasteiger charge is -2.13. The van der Waals surface area contributed by atoms with Crippen molar-refractivity contribution < 1.29 is 9.47 Å². The van der Waals surface area contributed by atoms with E-state index in [4.69, 9.17) is 14.5 Å². The maximum absolute atomic E-state index is 5.54. The van der Waals surface area contributed by atoms with E-state index in [9.17, 15) is 0 Å². The Hall–Kier alpha value is -3.67. The fourth-order valence-electron chi connectivity index (χ4n) is 3.15. The lowest BCUT2D eigenvalue weighted by molar-refractivity contribution is 0.404. The number of nitrogens with one attached hydrogen (secondary N) is 1. The van der Waals surface area contributed by atoms with Crippen LogP contribution in [0, 0.1) is 0 Å². The summed E-state index contributed by atoms with van der Waals surface area (Å²) in [5, 5.41) is 4.11. The van der Waals surface area contributed by atoms with Gasteiger partial charge < -0.3 is 14.8 Å². The van der Waals surface area contributed by atoms with Gasteiger partial charge >= 0.3 is 0 Å². The topological polar surface area (TPSA) is 69.2 Å². The first-order valence-corrected chi connectivity index (χ1v) is 8.86. The molecular weight excluding hydrogens is 352 g/mol. The van der Waals surface area contributed by atoms with Gasteiger partial charge in [-0.05, 0) is 48.0 Å². The van der Waals surface area contributed by atoms with Gasteiger partial charge in [-0.3, -0.25) is 4.98 Å². The Bertz CT molecular complexity index is 1130. The highest BCUT2D eigenvalue weighted by Gasteiger charge is 2.13. The number of hydrogen-bond acceptors (Lipinski definition) is 6. The normalized spacial score (nSPS) is 10.7. The van der Waals surface area contributed by atoms with Crippen LogP contribution in [0.25, 0.3) is 33.4 Å². The molecule has 0 aliphatic rings. The Morgan fingerprint density at radius 1 is 0.893 bits per heavy atom. The van der Waals surface area contributed by atoms with Crippen LogP contribution < -0.4 is 14.8 Å². The van der Waals surface area contributed by atoms with Crippen LogP contribution in [0.2, 0.25) is 0 Å². The van der Waals surface area contributed by atoms with Gasteiger partial charge in [-0.1, -0.05) is 6.07 Å². The molecule has 0 saturated heterocycles. The van der Waals surface area contributed by atoms with Crippen molar-refractivity contribution in [2.24, 2.45) is 0 Å². The molecule has 2 aromatic carbocycles. The molecule has 6 heteroatoms. The molecule has 6 nitrogen and oxygen atoms in total. The van der Waals surface area contributed by atoms with Gasteiger partial charge in [0, 0.05) is 36.0 Å². The summed E-state index contributed by atoms with van der Waals surface area (Å²) in [6, 6.07) is 15.6. The summed E-state index contributed by atoms with van der Waals surface area (Å²) in [4.78, 5) is 13.6. The number of hydrogen-bond donors (Lipinski definition) is 1. The summed E-state index contributed by atoms with van der Waals surface area (Å²) in [5.74, 6) is 2.94. The van der Waals surface area contributed by atoms with Gasteiger partial charge in [0.05, 0.1) is 19.7 Å². The molecule has 0 aliphatic heterocycles. The van der Waals surface area contributed by atoms with Crippen molar-refractivity contribution in [1.29, 1.82) is 0 Å². The average Bonchev–Trinajstić information content (AvgIpc) is 2.78. The van der Waals surface area contributed by atoms with Gasteiger partial charge in [-0.2, -0.15) is 0 Å². The third-order valence-corrected chi connectivity index (χ3v) is 4.57. The molecule has 0 fully saturated rings. The van der Waals surface area contributed by atoms with Gasteiger partial charge in [-0.15, -0.1) is 0 Å². The van der Waals surface area contributed by atoms with Gasteiger partial charge in [-0.25, -0.2) is 9.97 Å². The highest BCUT2D eigenvalue weighted by molar-refractivity contribution is 5.94. The predicted molar refractivity (Wildman–Crippen MR) is 111 cm³/mol. The zero-order chi connectivity index (χ0) is 19.5. The number of rotatable bonds is 5. The van der Waals surface area contributed by atoms with Crippen LogP contribution in [-0.4, -0.2) is 36.2 Å². The third-order valence-electron chi connectivity index (χ3n) is 4.57. The van der Waals surface area contributed by atoms with Crippen molar-refractivity contribution >= 4 is 16.7 Å². The molecule has 28 heavy (non-hydrogen) atoms. The highest BCUT2D eigenvalue weighted by Crippen LogP contribution is 2.36. The van der Waals surface area contributed by atoms with Crippen molar-refractivity contribution in [1.82, 2.24) is 15.0 Å². The summed E-state index contributed by atoms with van der Waals surface area (Å²) >= 11 is 0. The van der Waals surface area contributed by atoms with Crippen molar-refractivity contribution in [3.05, 3.63) is 60.9 Å². The first kappa shape index (κ1) is 17.7. The van der Waals surface area contributed by atoms with E-state index in [1.54, 1.807) is 26.6 Å². The minimum Gasteiger partial charge on any atom is -0.497 e. The summed E-state index contributed by atoms with van der Waals surface area (Å²) in [7, 11) is 5.17. The zero-order valence-electron chi connectivity index (χ0n) is 15.9. The molecule has 2 aromatic heterocycles. The Kier molecular flexibility index (Phi) is 4.76. The van der Waals surface area contributed by atoms with Crippen molar-refractivity contribution in [2.75, 3.05) is 26.6 Å². The largest absolute Gasteiger partial charge is 0.497 e. The summed E-state index contributed by atoms with van der Waals surface area (Å²) in [5.41, 5.74) is 3.67. The molecule has 0 unspecified atom stereocenters. The second-order valence-corrected chi connectivity index (χ2v) is 6.19. The molecule has 140 valence electrons. The molecule has 4 rings (SSSR count). The molecule has 0 atom stereocenters. The summed E-state index contributed by atoms with van der Waals surface area (Å²) < 4.78 is 10.9. The van der Waals surface area contributed by atoms with E-state index in [0.717, 1.165) is 44.9 Å². The second kappa shape index (κ2) is 7.52. The number of nitrogens with zero attached hydrogens (tertiary/aromatic N) is 3. The molecule has 0 radical (unpaired) electrons. The van der Waals surface area contributed by atoms with Crippen molar-refractivity contribution in [3.8, 4) is 34.0 Å². The monoisotopic (exact) mass is 372 g/mol. The van der Waals surface area contributed by atoms with E-state index < -0.39 is 0 Å². The number of anilines is 1. The van der Waals surface area contributed by atoms with Crippen LogP contribution in [0.1, 0.15) is 0 Å². The third kappa shape index (κ3) is 3.20. The van der Waals surface area contributed by atoms with Gasteiger partial charge in [0.1, 0.15) is 17.3 Å². The standard InChI is InChI=1S/C22H20N4O2/c1-23-22-18-11-14(17-12-16(27-2)7-9-20(17)28-3)6-8-19(18)25-21(26-22)15-5-4-10-24-13-15/h4-13H,1-3H3,(H,23,25,26). The van der Waals surface area contributed by atoms with Crippen LogP contribution in [0.15, 0.2) is 60.9 Å². The number of benzene rings is 2. The van der Waals surface area contributed by atoms with Crippen LogP contribution in [0.5, 0.6) is 11.5 Å². The quantitative estimate of drug-likeness (QED) is 0.559. The molecular formula is C22H20N4O2. The fraction of sp³-hybridized carbons (Fsp3) is 0.136. The van der Waals surface area contributed by atoms with Crippen molar-refractivity contribution in [3.63, 3.8) is 0 Å². The maximum Gasteiger partial charge on any atom is 0.163 e. The first-order chi connectivity index (χ1) is 13.7. The molecule has 0 bridgehead atoms. The van der Waals surface area contributed by atoms with Crippen LogP contribution in [0.4, 0.5) is 5.82 Å². The SMILES string of the molecule is CNc1nc(-c2cccnc2)nc2ccc(-c3cc(OC)ccc3OC)cc12. The highest BCUT2D eigenvalue weighted by atomic mass is 16.5. The first-order valence-electron chi connectivity index (χ1n) is 8.86. The number of fused-ring (bicyclic) bond motifs is 1. The molecule has 0 saturated carbocycles. The van der Waals surface area contributed by atoms with Crippen LogP contribution in [-0.2, 0) is 0 Å². The minimum absolute atomic E-state index is 0.636. The van der Waals surface area contributed by atoms with E-state index in [-0.39, 0.29) is 0 Å². The van der Waals surface area contributed by atoms with Crippen LogP contribution in [0.3, 0.4) is 0 Å². The van der Waals surface area contributed by atoms with Crippen LogP contribution >= 0.6 is 0 Å². The average molecular weight is 372 g/mol. The Morgan fingerprint density at radius 3 is 2.50 bits per heavy atom. The lowest BCUT2D eigenvalue weighted by atomic mass is 10.0. The zero-order valence-corrected chi connectivity index (χ0v) is 15.9. The smallest absolute Gasteiger partial charge is 0.163 e. The number of ether oxygens (including phenoxy) is 2. The van der Waals surface area contributed by atoms with Gasteiger partial charge in [0.2, 0.25) is 0 Å². The number of methoxy groups -OCH3 is 2. The minimum atomic E-state index is 0.636. The number of pyridine rings is 1. The van der Waals surface area contributed by atoms with Gasteiger partial charge in [0.25, 0.3) is 0 Å². The Morgan fingerprint density at radius 2 is 1.79 bits per heavy atom. The number of aromatic nitrogens is 3. The van der Waals surface area contributed by atoms with E-state index >= 15 is 0 Å². The Balaban J connectivity index is 1.88. The van der Waals surface area contributed by atoms with Gasteiger partial charge in [0.15, 0.2) is 5.82 Å². The maximum atomic E-state index is 5.54. The van der Waals surface area contributed by atoms with E-state index in [0.29, 0.717) is 5.82 Å². The second-order valence-electron chi connectivity index (χ2n) is 6.19. The summed E-state index contributed by atoms with van der Waals surface area (Å²) in [6.07, 6.45) is 3.49. The summed E-state index contributed by atoms with van der Waals surface area (Å²) in [6.45, 7) is 0.